The summed E-state index contributed by atoms with van der Waals surface area (Å²) in [5, 5.41) is 8.56. The fourth-order valence-electron chi connectivity index (χ4n) is 0.918. The third-order valence-electron chi connectivity index (χ3n) is 1.57. The summed E-state index contributed by atoms with van der Waals surface area (Å²) in [5.74, 6) is 0.393. The molecule has 0 saturated heterocycles. The van der Waals surface area contributed by atoms with E-state index in [0.29, 0.717) is 16.9 Å². The molecule has 0 bridgehead atoms. The normalized spacial score (nSPS) is 12.1. The van der Waals surface area contributed by atoms with Crippen molar-refractivity contribution in [2.24, 2.45) is 5.73 Å². The molecule has 4 N–H and O–H groups in total. The van der Waals surface area contributed by atoms with E-state index in [1.807, 2.05) is 6.07 Å². The van der Waals surface area contributed by atoms with E-state index in [9.17, 15) is 0 Å². The molecule has 0 radical (unpaired) electrons. The highest BCUT2D eigenvalue weighted by Gasteiger charge is 2.05. The van der Waals surface area contributed by atoms with E-state index < -0.39 is 0 Å². The second-order valence-corrected chi connectivity index (χ2v) is 2.60. The van der Waals surface area contributed by atoms with Gasteiger partial charge in [-0.15, -0.1) is 0 Å². The lowest BCUT2D eigenvalue weighted by molar-refractivity contribution is 0.815. The van der Waals surface area contributed by atoms with Crippen molar-refractivity contribution in [1.29, 1.82) is 5.26 Å². The van der Waals surface area contributed by atoms with Crippen LogP contribution in [-0.4, -0.2) is 4.98 Å². The molecule has 0 aromatic carbocycles. The highest BCUT2D eigenvalue weighted by Crippen LogP contribution is 2.16. The van der Waals surface area contributed by atoms with Gasteiger partial charge in [-0.2, -0.15) is 5.26 Å². The summed E-state index contributed by atoms with van der Waals surface area (Å²) in [5.41, 5.74) is 12.4. The first-order valence-electron chi connectivity index (χ1n) is 3.56. The van der Waals surface area contributed by atoms with E-state index in [4.69, 9.17) is 16.7 Å². The Labute approximate surface area is 70.8 Å². The lowest BCUT2D eigenvalue weighted by atomic mass is 10.1. The van der Waals surface area contributed by atoms with E-state index in [1.54, 1.807) is 13.0 Å². The fraction of sp³-hybridized carbons (Fsp3) is 0.250. The summed E-state index contributed by atoms with van der Waals surface area (Å²) in [7, 11) is 0. The Balaban J connectivity index is 3.19. The number of nitrogens with zero attached hydrogens (tertiary/aromatic N) is 2. The number of nitrogens with two attached hydrogens (primary N) is 2. The van der Waals surface area contributed by atoms with Crippen molar-refractivity contribution in [1.82, 2.24) is 4.98 Å². The van der Waals surface area contributed by atoms with Gasteiger partial charge in [-0.3, -0.25) is 0 Å². The molecule has 1 atom stereocenters. The van der Waals surface area contributed by atoms with Crippen molar-refractivity contribution >= 4 is 5.82 Å². The van der Waals surface area contributed by atoms with Crippen molar-refractivity contribution in [2.45, 2.75) is 13.0 Å². The van der Waals surface area contributed by atoms with Crippen LogP contribution < -0.4 is 11.5 Å². The van der Waals surface area contributed by atoms with Crippen molar-refractivity contribution in [3.63, 3.8) is 0 Å². The minimum Gasteiger partial charge on any atom is -0.383 e. The molecule has 1 aromatic heterocycles. The minimum absolute atomic E-state index is 0.189. The second-order valence-electron chi connectivity index (χ2n) is 2.60. The Hall–Kier alpha value is -1.60. The second kappa shape index (κ2) is 3.20. The van der Waals surface area contributed by atoms with Crippen LogP contribution in [0.5, 0.6) is 0 Å². The van der Waals surface area contributed by atoms with E-state index in [2.05, 4.69) is 4.98 Å². The first-order valence-corrected chi connectivity index (χ1v) is 3.56. The summed E-state index contributed by atoms with van der Waals surface area (Å²) < 4.78 is 0. The third-order valence-corrected chi connectivity index (χ3v) is 1.57. The molecule has 62 valence electrons. The number of nitrogen functional groups attached to an aromatic ring is 1. The van der Waals surface area contributed by atoms with Gasteiger partial charge in [-0.25, -0.2) is 4.98 Å². The Morgan fingerprint density at radius 3 is 2.83 bits per heavy atom. The number of anilines is 1. The molecule has 1 aromatic rings. The molecule has 4 heteroatoms. The molecular formula is C8H10N4. The van der Waals surface area contributed by atoms with Crippen molar-refractivity contribution in [3.05, 3.63) is 23.4 Å². The molecule has 0 aliphatic heterocycles. The smallest absolute Gasteiger partial charge is 0.128 e. The highest BCUT2D eigenvalue weighted by molar-refractivity contribution is 5.45. The number of nitriles is 1. The summed E-state index contributed by atoms with van der Waals surface area (Å²) in [6, 6.07) is 3.45. The van der Waals surface area contributed by atoms with E-state index >= 15 is 0 Å². The molecule has 0 saturated carbocycles. The van der Waals surface area contributed by atoms with Crippen LogP contribution in [0.3, 0.4) is 0 Å². The fourth-order valence-corrected chi connectivity index (χ4v) is 0.918. The van der Waals surface area contributed by atoms with Crippen LogP contribution in [0.15, 0.2) is 12.3 Å². The van der Waals surface area contributed by atoms with E-state index in [0.717, 1.165) is 0 Å². The number of pyridine rings is 1. The van der Waals surface area contributed by atoms with Gasteiger partial charge in [0.25, 0.3) is 0 Å². The number of aromatic nitrogens is 1. The van der Waals surface area contributed by atoms with Crippen molar-refractivity contribution in [3.8, 4) is 6.07 Å². The topological polar surface area (TPSA) is 88.7 Å². The third kappa shape index (κ3) is 1.52. The quantitative estimate of drug-likeness (QED) is 0.631. The first-order chi connectivity index (χ1) is 5.65. The Bertz CT molecular complexity index is 324. The zero-order valence-corrected chi connectivity index (χ0v) is 6.78. The van der Waals surface area contributed by atoms with Crippen LogP contribution in [0.1, 0.15) is 24.1 Å². The van der Waals surface area contributed by atoms with Gasteiger partial charge in [0.05, 0.1) is 5.56 Å². The van der Waals surface area contributed by atoms with Crippen LogP contribution in [0.25, 0.3) is 0 Å². The monoisotopic (exact) mass is 162 g/mol. The average Bonchev–Trinajstić information content (AvgIpc) is 2.05. The number of rotatable bonds is 1. The number of hydrogen-bond donors (Lipinski definition) is 2. The van der Waals surface area contributed by atoms with Crippen LogP contribution >= 0.6 is 0 Å². The largest absolute Gasteiger partial charge is 0.383 e. The van der Waals surface area contributed by atoms with Crippen LogP contribution in [-0.2, 0) is 0 Å². The Morgan fingerprint density at radius 2 is 2.33 bits per heavy atom. The van der Waals surface area contributed by atoms with Gasteiger partial charge in [0.1, 0.15) is 11.9 Å². The summed E-state index contributed by atoms with van der Waals surface area (Å²) >= 11 is 0. The maximum Gasteiger partial charge on any atom is 0.128 e. The molecule has 1 rings (SSSR count). The molecule has 0 spiro atoms. The van der Waals surface area contributed by atoms with Crippen LogP contribution in [0.4, 0.5) is 5.82 Å². The van der Waals surface area contributed by atoms with Gasteiger partial charge in [0.2, 0.25) is 0 Å². The van der Waals surface area contributed by atoms with Crippen molar-refractivity contribution in [2.75, 3.05) is 5.73 Å². The lowest BCUT2D eigenvalue weighted by Crippen LogP contribution is -2.09. The molecular weight excluding hydrogens is 152 g/mol. The number of hydrogen-bond acceptors (Lipinski definition) is 4. The average molecular weight is 162 g/mol. The summed E-state index contributed by atoms with van der Waals surface area (Å²) in [6.45, 7) is 1.80. The standard InChI is InChI=1S/C8H10N4/c1-5(10)7-2-6(3-9)4-12-8(7)11/h2,4-5H,10H2,1H3,(H2,11,12)/t5-/m1/s1. The first kappa shape index (κ1) is 8.50. The molecule has 0 aliphatic rings. The van der Waals surface area contributed by atoms with Crippen molar-refractivity contribution < 1.29 is 0 Å². The molecule has 4 nitrogen and oxygen atoms in total. The summed E-state index contributed by atoms with van der Waals surface area (Å²) in [4.78, 5) is 3.85. The molecule has 0 unspecified atom stereocenters. The van der Waals surface area contributed by atoms with E-state index in [-0.39, 0.29) is 6.04 Å². The lowest BCUT2D eigenvalue weighted by Gasteiger charge is -2.07. The van der Waals surface area contributed by atoms with Gasteiger partial charge in [0, 0.05) is 17.8 Å². The molecule has 1 heterocycles. The van der Waals surface area contributed by atoms with Gasteiger partial charge in [-0.1, -0.05) is 0 Å². The molecule has 0 amide bonds. The Morgan fingerprint density at radius 1 is 1.67 bits per heavy atom. The SMILES string of the molecule is C[C@@H](N)c1cc(C#N)cnc1N. The maximum atomic E-state index is 8.56. The minimum atomic E-state index is -0.189. The molecule has 12 heavy (non-hydrogen) atoms. The van der Waals surface area contributed by atoms with Gasteiger partial charge >= 0.3 is 0 Å². The summed E-state index contributed by atoms with van der Waals surface area (Å²) in [6.07, 6.45) is 1.43. The molecule has 0 aliphatic carbocycles. The van der Waals surface area contributed by atoms with Crippen LogP contribution in [0, 0.1) is 11.3 Å². The maximum absolute atomic E-state index is 8.56. The van der Waals surface area contributed by atoms with Gasteiger partial charge in [-0.05, 0) is 13.0 Å². The predicted octanol–water partition coefficient (Wildman–Crippen LogP) is 0.555. The highest BCUT2D eigenvalue weighted by atomic mass is 14.8. The zero-order chi connectivity index (χ0) is 9.14. The molecule has 0 fully saturated rings. The van der Waals surface area contributed by atoms with E-state index in [1.165, 1.54) is 6.20 Å². The zero-order valence-electron chi connectivity index (χ0n) is 6.78. The Kier molecular flexibility index (Phi) is 2.26. The van der Waals surface area contributed by atoms with Crippen LogP contribution in [0.2, 0.25) is 0 Å². The predicted molar refractivity (Wildman–Crippen MR) is 46.0 cm³/mol. The van der Waals surface area contributed by atoms with Gasteiger partial charge in [0.15, 0.2) is 0 Å². The van der Waals surface area contributed by atoms with Gasteiger partial charge < -0.3 is 11.5 Å².